The third-order valence-corrected chi connectivity index (χ3v) is 3.51. The second-order valence-electron chi connectivity index (χ2n) is 4.81. The Kier molecular flexibility index (Phi) is 3.02. The smallest absolute Gasteiger partial charge is 0.234 e. The normalized spacial score (nSPS) is 18.9. The van der Waals surface area contributed by atoms with Gasteiger partial charge in [-0.3, -0.25) is 24.7 Å². The molecule has 0 spiro atoms. The zero-order valence-electron chi connectivity index (χ0n) is 10.6. The first-order valence-corrected chi connectivity index (χ1v) is 6.36. The van der Waals surface area contributed by atoms with Crippen LogP contribution in [-0.2, 0) is 9.59 Å². The number of pyridine rings is 1. The highest BCUT2D eigenvalue weighted by atomic mass is 16.2. The van der Waals surface area contributed by atoms with Crippen LogP contribution >= 0.6 is 0 Å². The van der Waals surface area contributed by atoms with E-state index < -0.39 is 5.92 Å². The van der Waals surface area contributed by atoms with E-state index in [4.69, 9.17) is 0 Å². The lowest BCUT2D eigenvalue weighted by atomic mass is 9.88. The number of hydrogen-bond acceptors (Lipinski definition) is 4. The third kappa shape index (κ3) is 2.07. The Morgan fingerprint density at radius 1 is 1.30 bits per heavy atom. The van der Waals surface area contributed by atoms with E-state index in [0.29, 0.717) is 29.5 Å². The Balaban J connectivity index is 2.16. The predicted molar refractivity (Wildman–Crippen MR) is 72.3 cm³/mol. The van der Waals surface area contributed by atoms with Gasteiger partial charge in [-0.25, -0.2) is 0 Å². The van der Waals surface area contributed by atoms with E-state index in [-0.39, 0.29) is 11.8 Å². The number of nitrogens with zero attached hydrogens (tertiary/aromatic N) is 1. The first-order chi connectivity index (χ1) is 9.69. The molecule has 1 atom stereocenters. The highest BCUT2D eigenvalue weighted by molar-refractivity contribution is 6.03. The van der Waals surface area contributed by atoms with Gasteiger partial charge in [0, 0.05) is 23.6 Å². The minimum Gasteiger partial charge on any atom is -0.298 e. The van der Waals surface area contributed by atoms with E-state index in [1.807, 2.05) is 6.07 Å². The summed E-state index contributed by atoms with van der Waals surface area (Å²) in [5.41, 5.74) is 1.91. The zero-order valence-corrected chi connectivity index (χ0v) is 10.6. The molecule has 1 aliphatic rings. The van der Waals surface area contributed by atoms with Crippen LogP contribution in [0.15, 0.2) is 30.5 Å². The lowest BCUT2D eigenvalue weighted by Crippen LogP contribution is -2.39. The molecule has 0 saturated carbocycles. The van der Waals surface area contributed by atoms with E-state index in [0.717, 1.165) is 11.7 Å². The summed E-state index contributed by atoms with van der Waals surface area (Å²) in [6.07, 6.45) is 3.15. The fraction of sp³-hybridized carbons (Fsp3) is 0.200. The molecule has 3 rings (SSSR count). The number of amides is 2. The van der Waals surface area contributed by atoms with Gasteiger partial charge in [0.2, 0.25) is 11.8 Å². The molecule has 20 heavy (non-hydrogen) atoms. The van der Waals surface area contributed by atoms with Crippen LogP contribution in [0.4, 0.5) is 0 Å². The molecule has 1 unspecified atom stereocenters. The number of fused-ring (bicyclic) bond motifs is 1. The van der Waals surface area contributed by atoms with Gasteiger partial charge in [0.05, 0.1) is 11.4 Å². The number of nitrogens with one attached hydrogen (secondary N) is 1. The maximum absolute atomic E-state index is 12.0. The molecule has 1 aliphatic heterocycles. The minimum absolute atomic E-state index is 0.255. The van der Waals surface area contributed by atoms with Gasteiger partial charge in [-0.1, -0.05) is 6.07 Å². The van der Waals surface area contributed by atoms with Gasteiger partial charge < -0.3 is 0 Å². The summed E-state index contributed by atoms with van der Waals surface area (Å²) in [6, 6.07) is 7.06. The van der Waals surface area contributed by atoms with Gasteiger partial charge in [0.15, 0.2) is 0 Å². The number of carbonyl (C=O) groups is 3. The molecule has 1 fully saturated rings. The Bertz CT molecular complexity index is 724. The SMILES string of the molecule is O=Cc1cc(C2CCC(=O)NC2=O)c2ncccc2c1. The average molecular weight is 268 g/mol. The summed E-state index contributed by atoms with van der Waals surface area (Å²) in [5.74, 6) is -1.02. The van der Waals surface area contributed by atoms with Crippen molar-refractivity contribution in [2.75, 3.05) is 0 Å². The Morgan fingerprint density at radius 3 is 2.90 bits per heavy atom. The van der Waals surface area contributed by atoms with E-state index >= 15 is 0 Å². The van der Waals surface area contributed by atoms with Crippen LogP contribution in [0.3, 0.4) is 0 Å². The average Bonchev–Trinajstić information content (AvgIpc) is 2.46. The van der Waals surface area contributed by atoms with Crippen molar-refractivity contribution in [2.24, 2.45) is 0 Å². The number of aromatic nitrogens is 1. The second-order valence-corrected chi connectivity index (χ2v) is 4.81. The Hall–Kier alpha value is -2.56. The number of piperidine rings is 1. The van der Waals surface area contributed by atoms with Crippen molar-refractivity contribution in [3.63, 3.8) is 0 Å². The maximum Gasteiger partial charge on any atom is 0.234 e. The van der Waals surface area contributed by atoms with Crippen LogP contribution in [-0.4, -0.2) is 23.1 Å². The van der Waals surface area contributed by atoms with Gasteiger partial charge in [-0.2, -0.15) is 0 Å². The summed E-state index contributed by atoms with van der Waals surface area (Å²) >= 11 is 0. The largest absolute Gasteiger partial charge is 0.298 e. The molecule has 0 aliphatic carbocycles. The zero-order chi connectivity index (χ0) is 14.1. The Labute approximate surface area is 115 Å². The molecule has 5 heteroatoms. The van der Waals surface area contributed by atoms with Crippen LogP contribution in [0, 0.1) is 0 Å². The Morgan fingerprint density at radius 2 is 2.15 bits per heavy atom. The van der Waals surface area contributed by atoms with E-state index in [1.165, 1.54) is 0 Å². The summed E-state index contributed by atoms with van der Waals surface area (Å²) in [6.45, 7) is 0. The molecule has 1 saturated heterocycles. The van der Waals surface area contributed by atoms with Crippen molar-refractivity contribution in [3.8, 4) is 0 Å². The van der Waals surface area contributed by atoms with Crippen molar-refractivity contribution < 1.29 is 14.4 Å². The molecule has 1 N–H and O–H groups in total. The van der Waals surface area contributed by atoms with E-state index in [1.54, 1.807) is 24.4 Å². The highest BCUT2D eigenvalue weighted by Crippen LogP contribution is 2.30. The summed E-state index contributed by atoms with van der Waals surface area (Å²) in [5, 5.41) is 3.15. The molecule has 0 bridgehead atoms. The van der Waals surface area contributed by atoms with Gasteiger partial charge in [0.1, 0.15) is 6.29 Å². The third-order valence-electron chi connectivity index (χ3n) is 3.51. The summed E-state index contributed by atoms with van der Waals surface area (Å²) < 4.78 is 0. The quantitative estimate of drug-likeness (QED) is 0.662. The maximum atomic E-state index is 12.0. The molecule has 1 aromatic heterocycles. The molecule has 0 radical (unpaired) electrons. The van der Waals surface area contributed by atoms with Crippen LogP contribution in [0.25, 0.3) is 10.9 Å². The van der Waals surface area contributed by atoms with Crippen molar-refractivity contribution in [2.45, 2.75) is 18.8 Å². The predicted octanol–water partition coefficient (Wildman–Crippen LogP) is 1.57. The first kappa shape index (κ1) is 12.5. The topological polar surface area (TPSA) is 76.1 Å². The van der Waals surface area contributed by atoms with Crippen LogP contribution in [0.1, 0.15) is 34.7 Å². The van der Waals surface area contributed by atoms with Crippen molar-refractivity contribution in [1.82, 2.24) is 10.3 Å². The van der Waals surface area contributed by atoms with E-state index in [9.17, 15) is 14.4 Å². The molecule has 100 valence electrons. The molecule has 2 aromatic rings. The van der Waals surface area contributed by atoms with Crippen LogP contribution in [0.2, 0.25) is 0 Å². The summed E-state index contributed by atoms with van der Waals surface area (Å²) in [7, 11) is 0. The molecule has 2 heterocycles. The van der Waals surface area contributed by atoms with Crippen LogP contribution in [0.5, 0.6) is 0 Å². The fourth-order valence-electron chi connectivity index (χ4n) is 2.57. The van der Waals surface area contributed by atoms with Crippen molar-refractivity contribution in [1.29, 1.82) is 0 Å². The highest BCUT2D eigenvalue weighted by Gasteiger charge is 2.29. The van der Waals surface area contributed by atoms with Crippen molar-refractivity contribution in [3.05, 3.63) is 41.6 Å². The van der Waals surface area contributed by atoms with Gasteiger partial charge in [-0.15, -0.1) is 0 Å². The van der Waals surface area contributed by atoms with Gasteiger partial charge in [0.25, 0.3) is 0 Å². The molecule has 2 amide bonds. The lowest BCUT2D eigenvalue weighted by Gasteiger charge is -2.22. The summed E-state index contributed by atoms with van der Waals surface area (Å²) in [4.78, 5) is 38.6. The number of rotatable bonds is 2. The standard InChI is InChI=1S/C15H12N2O3/c18-8-9-6-10-2-1-5-16-14(10)12(7-9)11-3-4-13(19)17-15(11)20/h1-2,5-8,11H,3-4H2,(H,17,19,20). The molecule has 5 nitrogen and oxygen atoms in total. The molecular weight excluding hydrogens is 256 g/mol. The number of benzene rings is 1. The van der Waals surface area contributed by atoms with Crippen molar-refractivity contribution >= 4 is 29.0 Å². The number of aldehydes is 1. The monoisotopic (exact) mass is 268 g/mol. The molecule has 1 aromatic carbocycles. The minimum atomic E-state index is -0.440. The first-order valence-electron chi connectivity index (χ1n) is 6.36. The fourth-order valence-corrected chi connectivity index (χ4v) is 2.57. The number of imide groups is 1. The van der Waals surface area contributed by atoms with Crippen LogP contribution < -0.4 is 5.32 Å². The van der Waals surface area contributed by atoms with E-state index in [2.05, 4.69) is 10.3 Å². The lowest BCUT2D eigenvalue weighted by molar-refractivity contribution is -0.134. The second kappa shape index (κ2) is 4.85. The number of carbonyl (C=O) groups excluding carboxylic acids is 3. The van der Waals surface area contributed by atoms with Gasteiger partial charge in [-0.05, 0) is 30.2 Å². The number of hydrogen-bond donors (Lipinski definition) is 1. The van der Waals surface area contributed by atoms with Gasteiger partial charge >= 0.3 is 0 Å². The molecular formula is C15H12N2O3.